The number of aryl methyl sites for hydroxylation is 2. The molecule has 1 amide bonds. The molecule has 0 atom stereocenters. The second-order valence-corrected chi connectivity index (χ2v) is 5.24. The number of nitrogens with two attached hydrogens (primary N) is 1. The summed E-state index contributed by atoms with van der Waals surface area (Å²) in [7, 11) is 0. The minimum Gasteiger partial charge on any atom is -0.445 e. The average Bonchev–Trinajstić information content (AvgIpc) is 2.55. The standard InChI is InChI=1S/C19H20N2O2/c1-14-12-18(20)15(2)11-17(14)9-6-10-21-19(22)23-13-16-7-4-3-5-8-16/h3-5,7-8,11-12H,10,13,20H2,1-2H3,(H,21,22). The van der Waals surface area contributed by atoms with Gasteiger partial charge in [0.1, 0.15) is 6.61 Å². The fourth-order valence-electron chi connectivity index (χ4n) is 2.00. The predicted molar refractivity (Wildman–Crippen MR) is 91.8 cm³/mol. The van der Waals surface area contributed by atoms with E-state index in [4.69, 9.17) is 10.5 Å². The first kappa shape index (κ1) is 16.4. The third-order valence-corrected chi connectivity index (χ3v) is 3.37. The van der Waals surface area contributed by atoms with Gasteiger partial charge in [0.15, 0.2) is 0 Å². The number of nitrogens with one attached hydrogen (secondary N) is 1. The van der Waals surface area contributed by atoms with E-state index in [0.29, 0.717) is 0 Å². The van der Waals surface area contributed by atoms with Crippen LogP contribution in [0.1, 0.15) is 22.3 Å². The quantitative estimate of drug-likeness (QED) is 0.676. The fourth-order valence-corrected chi connectivity index (χ4v) is 2.00. The number of benzene rings is 2. The highest BCUT2D eigenvalue weighted by molar-refractivity contribution is 5.67. The highest BCUT2D eigenvalue weighted by Crippen LogP contribution is 2.16. The predicted octanol–water partition coefficient (Wildman–Crippen LogP) is 3.16. The average molecular weight is 308 g/mol. The maximum atomic E-state index is 11.6. The van der Waals surface area contributed by atoms with Crippen LogP contribution in [0.5, 0.6) is 0 Å². The van der Waals surface area contributed by atoms with Gasteiger partial charge in [-0.1, -0.05) is 42.2 Å². The molecule has 4 nitrogen and oxygen atoms in total. The second kappa shape index (κ2) is 7.90. The molecule has 2 rings (SSSR count). The zero-order valence-electron chi connectivity index (χ0n) is 13.3. The van der Waals surface area contributed by atoms with Crippen molar-refractivity contribution in [1.82, 2.24) is 5.32 Å². The molecule has 0 radical (unpaired) electrons. The number of amides is 1. The summed E-state index contributed by atoms with van der Waals surface area (Å²) in [5.74, 6) is 5.95. The van der Waals surface area contributed by atoms with Gasteiger partial charge in [-0.3, -0.25) is 0 Å². The van der Waals surface area contributed by atoms with Gasteiger partial charge in [0.05, 0.1) is 6.54 Å². The first-order valence-electron chi connectivity index (χ1n) is 7.36. The lowest BCUT2D eigenvalue weighted by molar-refractivity contribution is 0.141. The Bertz CT molecular complexity index is 743. The van der Waals surface area contributed by atoms with Gasteiger partial charge in [0.2, 0.25) is 0 Å². The molecule has 118 valence electrons. The van der Waals surface area contributed by atoms with Crippen molar-refractivity contribution in [2.24, 2.45) is 0 Å². The van der Waals surface area contributed by atoms with E-state index in [-0.39, 0.29) is 13.2 Å². The Hall–Kier alpha value is -2.93. The number of hydrogen-bond donors (Lipinski definition) is 2. The number of hydrogen-bond acceptors (Lipinski definition) is 3. The zero-order valence-corrected chi connectivity index (χ0v) is 13.3. The molecule has 0 aliphatic heterocycles. The van der Waals surface area contributed by atoms with E-state index in [1.165, 1.54) is 0 Å². The van der Waals surface area contributed by atoms with Crippen LogP contribution in [0.25, 0.3) is 0 Å². The molecule has 0 fully saturated rings. The normalized spacial score (nSPS) is 9.65. The Morgan fingerprint density at radius 1 is 1.17 bits per heavy atom. The number of carbonyl (C=O) groups is 1. The van der Waals surface area contributed by atoms with E-state index in [9.17, 15) is 4.79 Å². The molecule has 0 aromatic heterocycles. The molecule has 0 aliphatic rings. The highest BCUT2D eigenvalue weighted by Gasteiger charge is 2.01. The van der Waals surface area contributed by atoms with Crippen molar-refractivity contribution in [3.05, 3.63) is 64.7 Å². The van der Waals surface area contributed by atoms with Gasteiger partial charge in [-0.25, -0.2) is 4.79 Å². The number of rotatable bonds is 3. The molecule has 0 saturated carbocycles. The molecule has 0 heterocycles. The second-order valence-electron chi connectivity index (χ2n) is 5.24. The van der Waals surface area contributed by atoms with Gasteiger partial charge in [0.25, 0.3) is 0 Å². The van der Waals surface area contributed by atoms with Crippen molar-refractivity contribution in [3.63, 3.8) is 0 Å². The summed E-state index contributed by atoms with van der Waals surface area (Å²) in [6.07, 6.45) is -0.478. The summed E-state index contributed by atoms with van der Waals surface area (Å²) >= 11 is 0. The van der Waals surface area contributed by atoms with Gasteiger partial charge < -0.3 is 15.8 Å². The van der Waals surface area contributed by atoms with Crippen molar-refractivity contribution in [3.8, 4) is 11.8 Å². The van der Waals surface area contributed by atoms with Gasteiger partial charge in [0, 0.05) is 11.3 Å². The maximum absolute atomic E-state index is 11.6. The third kappa shape index (κ3) is 5.08. The van der Waals surface area contributed by atoms with Crippen LogP contribution in [0, 0.1) is 25.7 Å². The number of carbonyl (C=O) groups excluding carboxylic acids is 1. The largest absolute Gasteiger partial charge is 0.445 e. The molecule has 2 aromatic rings. The molecule has 4 heteroatoms. The lowest BCUT2D eigenvalue weighted by Gasteiger charge is -2.05. The summed E-state index contributed by atoms with van der Waals surface area (Å²) in [6.45, 7) is 4.38. The number of ether oxygens (including phenoxy) is 1. The lowest BCUT2D eigenvalue weighted by Crippen LogP contribution is -2.24. The molecule has 23 heavy (non-hydrogen) atoms. The van der Waals surface area contributed by atoms with Crippen LogP contribution in [0.4, 0.5) is 10.5 Å². The Morgan fingerprint density at radius 3 is 2.65 bits per heavy atom. The highest BCUT2D eigenvalue weighted by atomic mass is 16.5. The zero-order chi connectivity index (χ0) is 16.7. The van der Waals surface area contributed by atoms with E-state index < -0.39 is 6.09 Å². The first-order chi connectivity index (χ1) is 11.1. The van der Waals surface area contributed by atoms with E-state index in [2.05, 4.69) is 17.2 Å². The Balaban J connectivity index is 1.81. The summed E-state index contributed by atoms with van der Waals surface area (Å²) < 4.78 is 5.10. The number of anilines is 1. The number of alkyl carbamates (subject to hydrolysis) is 1. The van der Waals surface area contributed by atoms with Crippen LogP contribution in [0.2, 0.25) is 0 Å². The van der Waals surface area contributed by atoms with Crippen LogP contribution >= 0.6 is 0 Å². The topological polar surface area (TPSA) is 64.3 Å². The van der Waals surface area contributed by atoms with Crippen molar-refractivity contribution in [1.29, 1.82) is 0 Å². The van der Waals surface area contributed by atoms with Crippen molar-refractivity contribution in [2.75, 3.05) is 12.3 Å². The van der Waals surface area contributed by atoms with E-state index in [1.807, 2.05) is 56.3 Å². The van der Waals surface area contributed by atoms with Crippen LogP contribution in [0.3, 0.4) is 0 Å². The lowest BCUT2D eigenvalue weighted by atomic mass is 10.0. The van der Waals surface area contributed by atoms with Crippen molar-refractivity contribution in [2.45, 2.75) is 20.5 Å². The van der Waals surface area contributed by atoms with Gasteiger partial charge in [-0.05, 0) is 42.7 Å². The fraction of sp³-hybridized carbons (Fsp3) is 0.211. The molecule has 0 unspecified atom stereocenters. The molecule has 0 bridgehead atoms. The van der Waals surface area contributed by atoms with Crippen molar-refractivity contribution >= 4 is 11.8 Å². The molecular formula is C19H20N2O2. The minimum atomic E-state index is -0.478. The molecule has 0 saturated heterocycles. The maximum Gasteiger partial charge on any atom is 0.408 e. The minimum absolute atomic E-state index is 0.233. The van der Waals surface area contributed by atoms with E-state index >= 15 is 0 Å². The molecule has 0 spiro atoms. The van der Waals surface area contributed by atoms with Crippen LogP contribution < -0.4 is 11.1 Å². The summed E-state index contributed by atoms with van der Waals surface area (Å²) in [5.41, 5.74) is 10.5. The van der Waals surface area contributed by atoms with Gasteiger partial charge >= 0.3 is 6.09 Å². The third-order valence-electron chi connectivity index (χ3n) is 3.37. The summed E-state index contributed by atoms with van der Waals surface area (Å²) in [5, 5.41) is 2.61. The Labute approximate surface area is 136 Å². The molecule has 0 aliphatic carbocycles. The van der Waals surface area contributed by atoms with Crippen LogP contribution in [-0.2, 0) is 11.3 Å². The summed E-state index contributed by atoms with van der Waals surface area (Å²) in [4.78, 5) is 11.6. The smallest absolute Gasteiger partial charge is 0.408 e. The van der Waals surface area contributed by atoms with Crippen molar-refractivity contribution < 1.29 is 9.53 Å². The Kier molecular flexibility index (Phi) is 5.65. The summed E-state index contributed by atoms with van der Waals surface area (Å²) in [6, 6.07) is 13.4. The van der Waals surface area contributed by atoms with E-state index in [0.717, 1.165) is 27.9 Å². The Morgan fingerprint density at radius 2 is 1.91 bits per heavy atom. The molecule has 2 aromatic carbocycles. The number of nitrogen functional groups attached to an aromatic ring is 1. The van der Waals surface area contributed by atoms with E-state index in [1.54, 1.807) is 0 Å². The SMILES string of the molecule is Cc1cc(C#CCNC(=O)OCc2ccccc2)c(C)cc1N. The van der Waals surface area contributed by atoms with Crippen LogP contribution in [-0.4, -0.2) is 12.6 Å². The monoisotopic (exact) mass is 308 g/mol. The van der Waals surface area contributed by atoms with Gasteiger partial charge in [-0.2, -0.15) is 0 Å². The molecule has 3 N–H and O–H groups in total. The first-order valence-corrected chi connectivity index (χ1v) is 7.36. The van der Waals surface area contributed by atoms with Gasteiger partial charge in [-0.15, -0.1) is 0 Å². The van der Waals surface area contributed by atoms with Crippen LogP contribution in [0.15, 0.2) is 42.5 Å². The molecular weight excluding hydrogens is 288 g/mol.